The number of rotatable bonds is 8. The van der Waals surface area contributed by atoms with E-state index >= 15 is 0 Å². The van der Waals surface area contributed by atoms with Gasteiger partial charge < -0.3 is 4.74 Å². The molecule has 0 saturated heterocycles. The molecule has 0 radical (unpaired) electrons. The summed E-state index contributed by atoms with van der Waals surface area (Å²) in [7, 11) is -3.65. The molecule has 1 N–H and O–H groups in total. The van der Waals surface area contributed by atoms with Crippen LogP contribution in [0.2, 0.25) is 0 Å². The van der Waals surface area contributed by atoms with Crippen LogP contribution in [0.1, 0.15) is 38.3 Å². The summed E-state index contributed by atoms with van der Waals surface area (Å²) in [6.45, 7) is 4.08. The van der Waals surface area contributed by atoms with Gasteiger partial charge in [-0.1, -0.05) is 0 Å². The van der Waals surface area contributed by atoms with Gasteiger partial charge in [0.2, 0.25) is 10.0 Å². The lowest BCUT2D eigenvalue weighted by Gasteiger charge is -2.11. The van der Waals surface area contributed by atoms with E-state index in [4.69, 9.17) is 4.74 Å². The molecule has 1 aromatic heterocycles. The van der Waals surface area contributed by atoms with Crippen LogP contribution in [0.5, 0.6) is 5.75 Å². The van der Waals surface area contributed by atoms with Crippen LogP contribution < -0.4 is 15.0 Å². The maximum absolute atomic E-state index is 12.4. The first-order valence-electron chi connectivity index (χ1n) is 8.69. The highest BCUT2D eigenvalue weighted by Gasteiger charge is 2.25. The van der Waals surface area contributed by atoms with Crippen molar-refractivity contribution in [3.63, 3.8) is 0 Å². The minimum absolute atomic E-state index is 0.0211. The van der Waals surface area contributed by atoms with Gasteiger partial charge in [0.05, 0.1) is 23.2 Å². The number of aromatic nitrogens is 2. The standard InChI is InChI=1S/C18H23N3O4S/c1-13(2)25-15-5-7-16(8-6-15)26(23,24)19-11-12-21-18(22)10-9-17(20-21)14-3-4-14/h5-10,13-14,19H,3-4,11-12H2,1-2H3. The predicted octanol–water partition coefficient (Wildman–Crippen LogP) is 1.89. The zero-order chi connectivity index (χ0) is 18.7. The summed E-state index contributed by atoms with van der Waals surface area (Å²) >= 11 is 0. The van der Waals surface area contributed by atoms with E-state index in [2.05, 4.69) is 9.82 Å². The average Bonchev–Trinajstić information content (AvgIpc) is 3.41. The molecule has 2 aromatic rings. The van der Waals surface area contributed by atoms with E-state index in [0.29, 0.717) is 11.7 Å². The van der Waals surface area contributed by atoms with Crippen molar-refractivity contribution in [2.75, 3.05) is 6.54 Å². The quantitative estimate of drug-likeness (QED) is 0.759. The van der Waals surface area contributed by atoms with Crippen molar-refractivity contribution in [1.82, 2.24) is 14.5 Å². The SMILES string of the molecule is CC(C)Oc1ccc(S(=O)(=O)NCCn2nc(C3CC3)ccc2=O)cc1. The molecule has 0 aliphatic heterocycles. The summed E-state index contributed by atoms with van der Waals surface area (Å²) in [5, 5.41) is 4.32. The van der Waals surface area contributed by atoms with Crippen LogP contribution >= 0.6 is 0 Å². The van der Waals surface area contributed by atoms with Crippen molar-refractivity contribution in [3.8, 4) is 5.75 Å². The summed E-state index contributed by atoms with van der Waals surface area (Å²) in [6, 6.07) is 9.49. The van der Waals surface area contributed by atoms with Gasteiger partial charge in [0, 0.05) is 18.5 Å². The van der Waals surface area contributed by atoms with Gasteiger partial charge in [-0.3, -0.25) is 4.79 Å². The van der Waals surface area contributed by atoms with Gasteiger partial charge in [-0.2, -0.15) is 5.10 Å². The van der Waals surface area contributed by atoms with E-state index in [0.717, 1.165) is 18.5 Å². The molecule has 26 heavy (non-hydrogen) atoms. The van der Waals surface area contributed by atoms with Gasteiger partial charge in [0.25, 0.3) is 5.56 Å². The minimum atomic E-state index is -3.65. The maximum Gasteiger partial charge on any atom is 0.266 e. The van der Waals surface area contributed by atoms with Crippen LogP contribution in [0.3, 0.4) is 0 Å². The Hall–Kier alpha value is -2.19. The van der Waals surface area contributed by atoms with Gasteiger partial charge in [0.1, 0.15) is 5.75 Å². The molecule has 1 heterocycles. The lowest BCUT2D eigenvalue weighted by Crippen LogP contribution is -2.32. The molecule has 140 valence electrons. The van der Waals surface area contributed by atoms with E-state index in [1.807, 2.05) is 13.8 Å². The zero-order valence-corrected chi connectivity index (χ0v) is 15.7. The minimum Gasteiger partial charge on any atom is -0.491 e. The monoisotopic (exact) mass is 377 g/mol. The van der Waals surface area contributed by atoms with Crippen molar-refractivity contribution in [1.29, 1.82) is 0 Å². The smallest absolute Gasteiger partial charge is 0.266 e. The van der Waals surface area contributed by atoms with Crippen LogP contribution in [0.15, 0.2) is 46.1 Å². The Bertz CT molecular complexity index is 916. The molecular formula is C18H23N3O4S. The highest BCUT2D eigenvalue weighted by molar-refractivity contribution is 7.89. The predicted molar refractivity (Wildman–Crippen MR) is 97.9 cm³/mol. The topological polar surface area (TPSA) is 90.3 Å². The molecule has 1 fully saturated rings. The van der Waals surface area contributed by atoms with Gasteiger partial charge in [0.15, 0.2) is 0 Å². The third-order valence-electron chi connectivity index (χ3n) is 4.00. The van der Waals surface area contributed by atoms with E-state index < -0.39 is 10.0 Å². The lowest BCUT2D eigenvalue weighted by atomic mass is 10.3. The van der Waals surface area contributed by atoms with Crippen LogP contribution in [0.4, 0.5) is 0 Å². The summed E-state index contributed by atoms with van der Waals surface area (Å²) in [5.74, 6) is 1.05. The summed E-state index contributed by atoms with van der Waals surface area (Å²) < 4.78 is 34.1. The van der Waals surface area contributed by atoms with Crippen molar-refractivity contribution >= 4 is 10.0 Å². The molecule has 1 saturated carbocycles. The average molecular weight is 377 g/mol. The van der Waals surface area contributed by atoms with Crippen LogP contribution in [0.25, 0.3) is 0 Å². The Morgan fingerprint density at radius 2 is 1.88 bits per heavy atom. The number of hydrogen-bond acceptors (Lipinski definition) is 5. The number of sulfonamides is 1. The molecule has 3 rings (SSSR count). The Balaban J connectivity index is 1.61. The summed E-state index contributed by atoms with van der Waals surface area (Å²) in [6.07, 6.45) is 2.20. The largest absolute Gasteiger partial charge is 0.491 e. The van der Waals surface area contributed by atoms with Gasteiger partial charge in [-0.05, 0) is 57.0 Å². The third kappa shape index (κ3) is 4.70. The van der Waals surface area contributed by atoms with Crippen molar-refractivity contribution in [2.45, 2.75) is 50.2 Å². The fourth-order valence-corrected chi connectivity index (χ4v) is 3.58. The Labute approximate surface area is 153 Å². The van der Waals surface area contributed by atoms with E-state index in [-0.39, 0.29) is 29.6 Å². The first kappa shape index (κ1) is 18.6. The van der Waals surface area contributed by atoms with Crippen molar-refractivity contribution in [2.24, 2.45) is 0 Å². The molecule has 1 aromatic carbocycles. The third-order valence-corrected chi connectivity index (χ3v) is 5.48. The number of nitrogens with one attached hydrogen (secondary N) is 1. The summed E-state index contributed by atoms with van der Waals surface area (Å²) in [5.41, 5.74) is 0.664. The molecule has 0 bridgehead atoms. The maximum atomic E-state index is 12.4. The number of benzene rings is 1. The van der Waals surface area contributed by atoms with Crippen LogP contribution in [-0.2, 0) is 16.6 Å². The highest BCUT2D eigenvalue weighted by Crippen LogP contribution is 2.38. The molecular weight excluding hydrogens is 354 g/mol. The first-order chi connectivity index (χ1) is 12.3. The molecule has 7 nitrogen and oxygen atoms in total. The Kier molecular flexibility index (Phi) is 5.43. The molecule has 0 spiro atoms. The van der Waals surface area contributed by atoms with Crippen LogP contribution in [-0.4, -0.2) is 30.8 Å². The van der Waals surface area contributed by atoms with E-state index in [1.54, 1.807) is 18.2 Å². The second kappa shape index (κ2) is 7.59. The first-order valence-corrected chi connectivity index (χ1v) is 10.2. The number of nitrogens with zero attached hydrogens (tertiary/aromatic N) is 2. The molecule has 0 atom stereocenters. The van der Waals surface area contributed by atoms with E-state index in [9.17, 15) is 13.2 Å². The normalized spacial score (nSPS) is 14.6. The van der Waals surface area contributed by atoms with Crippen molar-refractivity contribution < 1.29 is 13.2 Å². The second-order valence-electron chi connectivity index (χ2n) is 6.63. The molecule has 1 aliphatic rings. The van der Waals surface area contributed by atoms with Gasteiger partial charge >= 0.3 is 0 Å². The van der Waals surface area contributed by atoms with E-state index in [1.165, 1.54) is 22.9 Å². The lowest BCUT2D eigenvalue weighted by molar-refractivity contribution is 0.242. The fraction of sp³-hybridized carbons (Fsp3) is 0.444. The highest BCUT2D eigenvalue weighted by atomic mass is 32.2. The Morgan fingerprint density at radius 3 is 2.50 bits per heavy atom. The van der Waals surface area contributed by atoms with Crippen LogP contribution in [0, 0.1) is 0 Å². The molecule has 8 heteroatoms. The number of ether oxygens (including phenoxy) is 1. The summed E-state index contributed by atoms with van der Waals surface area (Å²) in [4.78, 5) is 12.0. The molecule has 1 aliphatic carbocycles. The molecule has 0 unspecified atom stereocenters. The zero-order valence-electron chi connectivity index (χ0n) is 14.9. The van der Waals surface area contributed by atoms with Crippen molar-refractivity contribution in [3.05, 3.63) is 52.4 Å². The number of hydrogen-bond donors (Lipinski definition) is 1. The fourth-order valence-electron chi connectivity index (χ4n) is 2.56. The van der Waals surface area contributed by atoms with Gasteiger partial charge in [-0.15, -0.1) is 0 Å². The Morgan fingerprint density at radius 1 is 1.19 bits per heavy atom. The molecule has 0 amide bonds. The second-order valence-corrected chi connectivity index (χ2v) is 8.40. The van der Waals surface area contributed by atoms with Gasteiger partial charge in [-0.25, -0.2) is 17.8 Å².